The van der Waals surface area contributed by atoms with E-state index in [2.05, 4.69) is 12.2 Å². The smallest absolute Gasteiger partial charge is 0.243 e. The van der Waals surface area contributed by atoms with E-state index in [1.54, 1.807) is 18.8 Å². The molecule has 0 aromatic rings. The van der Waals surface area contributed by atoms with Gasteiger partial charge in [-0.1, -0.05) is 33.6 Å². The van der Waals surface area contributed by atoms with Crippen molar-refractivity contribution in [3.8, 4) is 0 Å². The molecule has 2 atom stereocenters. The molecule has 1 saturated heterocycles. The summed E-state index contributed by atoms with van der Waals surface area (Å²) in [5, 5.41) is 2.34. The molecule has 2 unspecified atom stereocenters. The van der Waals surface area contributed by atoms with E-state index in [-0.39, 0.29) is 53.5 Å². The molecule has 0 radical (unpaired) electrons. The number of likely N-dealkylation sites (tertiary alicyclic amines) is 1. The molecule has 1 aliphatic heterocycles. The zero-order valence-electron chi connectivity index (χ0n) is 20.1. The van der Waals surface area contributed by atoms with Gasteiger partial charge in [0.1, 0.15) is 11.8 Å². The monoisotopic (exact) mass is 469 g/mol. The van der Waals surface area contributed by atoms with Crippen molar-refractivity contribution in [2.75, 3.05) is 25.9 Å². The quantitative estimate of drug-likeness (QED) is 0.292. The van der Waals surface area contributed by atoms with E-state index in [9.17, 15) is 24.0 Å². The number of nitrogens with zero attached hydrogens (tertiary/aromatic N) is 2. The summed E-state index contributed by atoms with van der Waals surface area (Å²) in [6, 6.07) is -0.635. The number of rotatable bonds is 15. The van der Waals surface area contributed by atoms with E-state index in [0.29, 0.717) is 32.2 Å². The van der Waals surface area contributed by atoms with E-state index in [4.69, 9.17) is 0 Å². The average molecular weight is 470 g/mol. The highest BCUT2D eigenvalue weighted by Crippen LogP contribution is 2.26. The number of Topliss-reactive ketones (excluding diaryl/α,β-unsaturated/α-hetero) is 1. The summed E-state index contributed by atoms with van der Waals surface area (Å²) in [7, 11) is 1.61. The molecule has 4 amide bonds. The highest BCUT2D eigenvalue weighted by atomic mass is 32.2. The van der Waals surface area contributed by atoms with Crippen LogP contribution in [0.2, 0.25) is 0 Å². The minimum absolute atomic E-state index is 0.0456. The Balaban J connectivity index is 2.40. The molecule has 1 aliphatic rings. The fourth-order valence-electron chi connectivity index (χ4n) is 3.68. The van der Waals surface area contributed by atoms with E-state index >= 15 is 0 Å². The largest absolute Gasteiger partial charge is 0.347 e. The molecule has 1 fully saturated rings. The number of amides is 4. The molecule has 8 nitrogen and oxygen atoms in total. The summed E-state index contributed by atoms with van der Waals surface area (Å²) >= 11 is 1.57. The van der Waals surface area contributed by atoms with Crippen molar-refractivity contribution < 1.29 is 24.0 Å². The topological polar surface area (TPSA) is 104 Å². The number of thioether (sulfide) groups is 1. The van der Waals surface area contributed by atoms with E-state index in [0.717, 1.165) is 18.6 Å². The van der Waals surface area contributed by atoms with Crippen molar-refractivity contribution >= 4 is 41.2 Å². The van der Waals surface area contributed by atoms with Crippen LogP contribution in [0.3, 0.4) is 0 Å². The third-order valence-corrected chi connectivity index (χ3v) is 6.81. The van der Waals surface area contributed by atoms with Crippen molar-refractivity contribution in [1.82, 2.24) is 15.1 Å². The zero-order chi connectivity index (χ0) is 24.3. The second kappa shape index (κ2) is 14.3. The number of likely N-dealkylation sites (N-methyl/N-ethyl adjacent to an activating group) is 1. The summed E-state index contributed by atoms with van der Waals surface area (Å²) in [5.41, 5.74) is 0. The second-order valence-electron chi connectivity index (χ2n) is 8.72. The van der Waals surface area contributed by atoms with Gasteiger partial charge in [-0.3, -0.25) is 28.9 Å². The van der Waals surface area contributed by atoms with Crippen molar-refractivity contribution in [3.63, 3.8) is 0 Å². The lowest BCUT2D eigenvalue weighted by Crippen LogP contribution is -2.51. The number of carbonyl (C=O) groups excluding carboxylic acids is 5. The van der Waals surface area contributed by atoms with Gasteiger partial charge in [-0.2, -0.15) is 0 Å². The molecular formula is C23H39N3O5S. The standard InChI is InChI=1S/C23H39N3O5S/c1-6-7-13-32-18-14-20(29)26(23(18)31)12-10-8-9-11-19(28)25(5)21(16(2)3)22(30)24-15-17(4)27/h16,18,21H,6-15H2,1-5H3,(H,24,30). The van der Waals surface area contributed by atoms with Crippen LogP contribution < -0.4 is 5.32 Å². The maximum Gasteiger partial charge on any atom is 0.243 e. The maximum absolute atomic E-state index is 12.6. The Morgan fingerprint density at radius 2 is 1.84 bits per heavy atom. The molecule has 0 spiro atoms. The van der Waals surface area contributed by atoms with Crippen LogP contribution in [0.1, 0.15) is 72.6 Å². The number of ketones is 1. The molecule has 0 aromatic heterocycles. The van der Waals surface area contributed by atoms with Crippen LogP contribution in [-0.2, 0) is 24.0 Å². The Labute approximate surface area is 196 Å². The summed E-state index contributed by atoms with van der Waals surface area (Å²) in [5.74, 6) is 0.0144. The van der Waals surface area contributed by atoms with Crippen molar-refractivity contribution in [2.24, 2.45) is 5.92 Å². The summed E-state index contributed by atoms with van der Waals surface area (Å²) in [6.07, 6.45) is 4.69. The fourth-order valence-corrected chi connectivity index (χ4v) is 4.95. The SMILES string of the molecule is CCCCSC1CC(=O)N(CCCCCC(=O)N(C)C(C(=O)NCC(C)=O)C(C)C)C1=O. The van der Waals surface area contributed by atoms with Crippen molar-refractivity contribution in [2.45, 2.75) is 83.9 Å². The van der Waals surface area contributed by atoms with Gasteiger partial charge in [0.05, 0.1) is 11.8 Å². The van der Waals surface area contributed by atoms with Gasteiger partial charge >= 0.3 is 0 Å². The normalized spacial score (nSPS) is 17.1. The van der Waals surface area contributed by atoms with Gasteiger partial charge in [0.15, 0.2) is 0 Å². The highest BCUT2D eigenvalue weighted by molar-refractivity contribution is 8.00. The predicted octanol–water partition coefficient (Wildman–Crippen LogP) is 2.40. The average Bonchev–Trinajstić information content (AvgIpc) is 2.99. The summed E-state index contributed by atoms with van der Waals surface area (Å²) < 4.78 is 0. The third kappa shape index (κ3) is 8.92. The van der Waals surface area contributed by atoms with Gasteiger partial charge in [-0.05, 0) is 37.9 Å². The summed E-state index contributed by atoms with van der Waals surface area (Å²) in [4.78, 5) is 63.5. The Hall–Kier alpha value is -1.90. The first-order valence-corrected chi connectivity index (χ1v) is 12.6. The van der Waals surface area contributed by atoms with Gasteiger partial charge in [-0.25, -0.2) is 0 Å². The van der Waals surface area contributed by atoms with Gasteiger partial charge in [-0.15, -0.1) is 11.8 Å². The van der Waals surface area contributed by atoms with Crippen LogP contribution >= 0.6 is 11.8 Å². The molecular weight excluding hydrogens is 430 g/mol. The Morgan fingerprint density at radius 3 is 2.44 bits per heavy atom. The van der Waals surface area contributed by atoms with E-state index in [1.807, 2.05) is 13.8 Å². The zero-order valence-corrected chi connectivity index (χ0v) is 21.0. The first kappa shape index (κ1) is 28.1. The van der Waals surface area contributed by atoms with E-state index < -0.39 is 6.04 Å². The molecule has 1 rings (SSSR count). The van der Waals surface area contributed by atoms with Crippen LogP contribution in [0.4, 0.5) is 0 Å². The molecule has 32 heavy (non-hydrogen) atoms. The predicted molar refractivity (Wildman–Crippen MR) is 126 cm³/mol. The lowest BCUT2D eigenvalue weighted by Gasteiger charge is -2.30. The van der Waals surface area contributed by atoms with Crippen LogP contribution in [0, 0.1) is 5.92 Å². The van der Waals surface area contributed by atoms with Crippen LogP contribution in [-0.4, -0.2) is 76.4 Å². The van der Waals surface area contributed by atoms with Crippen molar-refractivity contribution in [3.05, 3.63) is 0 Å². The number of hydrogen-bond donors (Lipinski definition) is 1. The van der Waals surface area contributed by atoms with Crippen LogP contribution in [0.25, 0.3) is 0 Å². The first-order chi connectivity index (χ1) is 15.1. The van der Waals surface area contributed by atoms with Crippen LogP contribution in [0.5, 0.6) is 0 Å². The molecule has 0 saturated carbocycles. The fraction of sp³-hybridized carbons (Fsp3) is 0.783. The molecule has 0 bridgehead atoms. The number of unbranched alkanes of at least 4 members (excludes halogenated alkanes) is 3. The molecule has 0 aromatic carbocycles. The van der Waals surface area contributed by atoms with Crippen LogP contribution in [0.15, 0.2) is 0 Å². The third-order valence-electron chi connectivity index (χ3n) is 5.51. The molecule has 9 heteroatoms. The Morgan fingerprint density at radius 1 is 1.16 bits per heavy atom. The van der Waals surface area contributed by atoms with Crippen molar-refractivity contribution in [1.29, 1.82) is 0 Å². The summed E-state index contributed by atoms with van der Waals surface area (Å²) in [6.45, 7) is 7.57. The van der Waals surface area contributed by atoms with Gasteiger partial charge in [0.25, 0.3) is 0 Å². The van der Waals surface area contributed by atoms with Gasteiger partial charge in [0.2, 0.25) is 23.6 Å². The first-order valence-electron chi connectivity index (χ1n) is 11.6. The molecule has 0 aliphatic carbocycles. The number of imide groups is 1. The Bertz CT molecular complexity index is 683. The Kier molecular flexibility index (Phi) is 12.6. The number of carbonyl (C=O) groups is 5. The van der Waals surface area contributed by atoms with Gasteiger partial charge in [0, 0.05) is 26.4 Å². The second-order valence-corrected chi connectivity index (χ2v) is 10.0. The lowest BCUT2D eigenvalue weighted by molar-refractivity contribution is -0.141. The van der Waals surface area contributed by atoms with E-state index in [1.165, 1.54) is 16.7 Å². The maximum atomic E-state index is 12.6. The number of hydrogen-bond acceptors (Lipinski definition) is 6. The molecule has 182 valence electrons. The lowest BCUT2D eigenvalue weighted by atomic mass is 10.0. The molecule has 1 N–H and O–H groups in total. The minimum Gasteiger partial charge on any atom is -0.347 e. The highest BCUT2D eigenvalue weighted by Gasteiger charge is 2.38. The number of nitrogens with one attached hydrogen (secondary N) is 1. The minimum atomic E-state index is -0.635. The van der Waals surface area contributed by atoms with Gasteiger partial charge < -0.3 is 10.2 Å². The molecule has 1 heterocycles.